The summed E-state index contributed by atoms with van der Waals surface area (Å²) in [6.45, 7) is 3.66. The molecular formula is C19H21N5O4. The first kappa shape index (κ1) is 17.9. The van der Waals surface area contributed by atoms with Gasteiger partial charge in [0, 0.05) is 38.6 Å². The number of nitrogens with zero attached hydrogens (tertiary/aromatic N) is 4. The van der Waals surface area contributed by atoms with Crippen molar-refractivity contribution in [2.24, 2.45) is 0 Å². The molecule has 0 saturated carbocycles. The number of fused-ring (bicyclic) bond motifs is 1. The Hall–Kier alpha value is -3.49. The molecule has 3 aromatic rings. The highest BCUT2D eigenvalue weighted by Crippen LogP contribution is 2.35. The number of amides is 1. The molecule has 1 N–H and O–H groups in total. The Morgan fingerprint density at radius 3 is 3.00 bits per heavy atom. The van der Waals surface area contributed by atoms with E-state index in [1.54, 1.807) is 36.3 Å². The van der Waals surface area contributed by atoms with Gasteiger partial charge in [0.1, 0.15) is 18.2 Å². The second-order valence-corrected chi connectivity index (χ2v) is 6.48. The molecule has 3 heterocycles. The van der Waals surface area contributed by atoms with Crippen molar-refractivity contribution in [1.29, 1.82) is 0 Å². The number of hydrogen-bond acceptors (Lipinski definition) is 6. The van der Waals surface area contributed by atoms with Crippen LogP contribution in [0.3, 0.4) is 0 Å². The summed E-state index contributed by atoms with van der Waals surface area (Å²) in [6, 6.07) is 7.09. The quantitative estimate of drug-likeness (QED) is 0.671. The summed E-state index contributed by atoms with van der Waals surface area (Å²) in [5, 5.41) is 6.96. The lowest BCUT2D eigenvalue weighted by Gasteiger charge is -2.16. The first-order chi connectivity index (χ1) is 13.6. The summed E-state index contributed by atoms with van der Waals surface area (Å²) >= 11 is 0. The third kappa shape index (κ3) is 3.78. The molecule has 9 nitrogen and oxygen atoms in total. The fourth-order valence-electron chi connectivity index (χ4n) is 2.87. The average molecular weight is 383 g/mol. The molecule has 0 unspecified atom stereocenters. The van der Waals surface area contributed by atoms with Crippen molar-refractivity contribution in [1.82, 2.24) is 24.6 Å². The van der Waals surface area contributed by atoms with E-state index in [1.165, 1.54) is 0 Å². The average Bonchev–Trinajstić information content (AvgIpc) is 3.44. The van der Waals surface area contributed by atoms with Crippen molar-refractivity contribution in [2.75, 3.05) is 20.4 Å². The Labute approximate surface area is 161 Å². The number of carbonyl (C=O) groups is 1. The standard InChI is InChI=1S/C19H21N5O4/c1-13-20-5-6-24(13)8-7-23(2)19(25)16-9-14(21-22-16)11-26-15-3-4-17-18(10-15)28-12-27-17/h3-6,9-10H,7-8,11-12H2,1-2H3,(H,21,22). The monoisotopic (exact) mass is 383 g/mol. The normalized spacial score (nSPS) is 12.2. The van der Waals surface area contributed by atoms with Crippen molar-refractivity contribution < 1.29 is 19.0 Å². The van der Waals surface area contributed by atoms with Gasteiger partial charge in [0.25, 0.3) is 5.91 Å². The van der Waals surface area contributed by atoms with Gasteiger partial charge < -0.3 is 23.7 Å². The van der Waals surface area contributed by atoms with Gasteiger partial charge in [0.15, 0.2) is 17.2 Å². The van der Waals surface area contributed by atoms with Gasteiger partial charge in [-0.05, 0) is 25.1 Å². The number of ether oxygens (including phenoxy) is 3. The number of carbonyl (C=O) groups excluding carboxylic acids is 1. The van der Waals surface area contributed by atoms with E-state index in [4.69, 9.17) is 14.2 Å². The van der Waals surface area contributed by atoms with Crippen LogP contribution in [0.15, 0.2) is 36.7 Å². The van der Waals surface area contributed by atoms with Gasteiger partial charge in [-0.2, -0.15) is 5.10 Å². The number of likely N-dealkylation sites (N-methyl/N-ethyl adjacent to an activating group) is 1. The van der Waals surface area contributed by atoms with Gasteiger partial charge in [-0.3, -0.25) is 9.89 Å². The zero-order valence-electron chi connectivity index (χ0n) is 15.7. The lowest BCUT2D eigenvalue weighted by Crippen LogP contribution is -2.30. The third-order valence-electron chi connectivity index (χ3n) is 4.54. The number of H-pyrrole nitrogens is 1. The zero-order chi connectivity index (χ0) is 19.5. The molecule has 1 aliphatic rings. The molecule has 0 saturated heterocycles. The van der Waals surface area contributed by atoms with Crippen LogP contribution in [0.5, 0.6) is 17.2 Å². The summed E-state index contributed by atoms with van der Waals surface area (Å²) in [5.41, 5.74) is 1.06. The second kappa shape index (κ2) is 7.63. The molecule has 1 aromatic carbocycles. The number of aryl methyl sites for hydroxylation is 1. The van der Waals surface area contributed by atoms with Crippen LogP contribution in [-0.4, -0.2) is 50.9 Å². The van der Waals surface area contributed by atoms with E-state index in [0.717, 1.165) is 5.82 Å². The molecule has 1 aliphatic heterocycles. The first-order valence-corrected chi connectivity index (χ1v) is 8.90. The number of aromatic amines is 1. The summed E-state index contributed by atoms with van der Waals surface area (Å²) in [4.78, 5) is 18.4. The van der Waals surface area contributed by atoms with Crippen molar-refractivity contribution in [3.05, 3.63) is 53.9 Å². The summed E-state index contributed by atoms with van der Waals surface area (Å²) < 4.78 is 18.3. The van der Waals surface area contributed by atoms with Crippen LogP contribution in [0, 0.1) is 6.92 Å². The third-order valence-corrected chi connectivity index (χ3v) is 4.54. The van der Waals surface area contributed by atoms with Gasteiger partial charge in [-0.1, -0.05) is 0 Å². The van der Waals surface area contributed by atoms with E-state index in [-0.39, 0.29) is 19.3 Å². The maximum atomic E-state index is 12.6. The van der Waals surface area contributed by atoms with E-state index in [2.05, 4.69) is 15.2 Å². The van der Waals surface area contributed by atoms with Crippen molar-refractivity contribution in [3.63, 3.8) is 0 Å². The number of benzene rings is 1. The molecule has 0 radical (unpaired) electrons. The predicted octanol–water partition coefficient (Wildman–Crippen LogP) is 1.99. The molecule has 0 atom stereocenters. The first-order valence-electron chi connectivity index (χ1n) is 8.90. The maximum Gasteiger partial charge on any atom is 0.274 e. The maximum absolute atomic E-state index is 12.6. The second-order valence-electron chi connectivity index (χ2n) is 6.48. The summed E-state index contributed by atoms with van der Waals surface area (Å²) in [6.07, 6.45) is 3.64. The van der Waals surface area contributed by atoms with Gasteiger partial charge in [0.2, 0.25) is 6.79 Å². The molecule has 28 heavy (non-hydrogen) atoms. The molecule has 1 amide bonds. The van der Waals surface area contributed by atoms with Crippen LogP contribution in [0.25, 0.3) is 0 Å². The van der Waals surface area contributed by atoms with Crippen molar-refractivity contribution in [2.45, 2.75) is 20.1 Å². The van der Waals surface area contributed by atoms with E-state index >= 15 is 0 Å². The van der Waals surface area contributed by atoms with E-state index in [0.29, 0.717) is 41.7 Å². The molecule has 0 fully saturated rings. The summed E-state index contributed by atoms with van der Waals surface area (Å²) in [7, 11) is 1.76. The van der Waals surface area contributed by atoms with Crippen molar-refractivity contribution >= 4 is 5.91 Å². The molecule has 9 heteroatoms. The van der Waals surface area contributed by atoms with E-state index < -0.39 is 0 Å². The van der Waals surface area contributed by atoms with Crippen LogP contribution in [0.2, 0.25) is 0 Å². The topological polar surface area (TPSA) is 94.5 Å². The summed E-state index contributed by atoms with van der Waals surface area (Å²) in [5.74, 6) is 2.79. The molecule has 0 bridgehead atoms. The minimum Gasteiger partial charge on any atom is -0.487 e. The van der Waals surface area contributed by atoms with Crippen molar-refractivity contribution in [3.8, 4) is 17.2 Å². The Bertz CT molecular complexity index is 980. The fraction of sp³-hybridized carbons (Fsp3) is 0.316. The highest BCUT2D eigenvalue weighted by molar-refractivity contribution is 5.92. The van der Waals surface area contributed by atoms with Gasteiger partial charge >= 0.3 is 0 Å². The van der Waals surface area contributed by atoms with Gasteiger partial charge in [-0.25, -0.2) is 4.98 Å². The van der Waals surface area contributed by atoms with Gasteiger partial charge in [0.05, 0.1) is 5.69 Å². The number of rotatable bonds is 7. The Morgan fingerprint density at radius 2 is 2.18 bits per heavy atom. The Balaban J connectivity index is 1.31. The minimum absolute atomic E-state index is 0.150. The van der Waals surface area contributed by atoms with E-state index in [1.807, 2.05) is 23.8 Å². The number of hydrogen-bond donors (Lipinski definition) is 1. The molecule has 0 aliphatic carbocycles. The largest absolute Gasteiger partial charge is 0.487 e. The number of nitrogens with one attached hydrogen (secondary N) is 1. The number of imidazole rings is 1. The van der Waals surface area contributed by atoms with Crippen LogP contribution in [-0.2, 0) is 13.2 Å². The van der Waals surface area contributed by atoms with Crippen LogP contribution >= 0.6 is 0 Å². The molecule has 2 aromatic heterocycles. The smallest absolute Gasteiger partial charge is 0.274 e. The van der Waals surface area contributed by atoms with Crippen LogP contribution < -0.4 is 14.2 Å². The van der Waals surface area contributed by atoms with Crippen LogP contribution in [0.1, 0.15) is 22.0 Å². The Morgan fingerprint density at radius 1 is 1.32 bits per heavy atom. The predicted molar refractivity (Wildman–Crippen MR) is 99.4 cm³/mol. The minimum atomic E-state index is -0.150. The lowest BCUT2D eigenvalue weighted by molar-refractivity contribution is 0.0784. The molecule has 146 valence electrons. The SMILES string of the molecule is Cc1nccn1CCN(C)C(=O)c1cc(COc2ccc3c(c2)OCO3)[nH]n1. The molecule has 4 rings (SSSR count). The van der Waals surface area contributed by atoms with Gasteiger partial charge in [-0.15, -0.1) is 0 Å². The fourth-order valence-corrected chi connectivity index (χ4v) is 2.87. The number of aromatic nitrogens is 4. The highest BCUT2D eigenvalue weighted by Gasteiger charge is 2.17. The van der Waals surface area contributed by atoms with Crippen LogP contribution in [0.4, 0.5) is 0 Å². The molecule has 0 spiro atoms. The zero-order valence-corrected chi connectivity index (χ0v) is 15.7. The van der Waals surface area contributed by atoms with E-state index in [9.17, 15) is 4.79 Å². The molecular weight excluding hydrogens is 362 g/mol. The lowest BCUT2D eigenvalue weighted by atomic mass is 10.3. The highest BCUT2D eigenvalue weighted by atomic mass is 16.7. The Kier molecular flexibility index (Phi) is 4.88.